The van der Waals surface area contributed by atoms with Crippen LogP contribution in [0.5, 0.6) is 0 Å². The third-order valence-electron chi connectivity index (χ3n) is 13.8. The van der Waals surface area contributed by atoms with Gasteiger partial charge in [-0.05, 0) is 51.4 Å². The molecule has 2 heterocycles. The normalized spacial score (nSPS) is 26.1. The van der Waals surface area contributed by atoms with Crippen molar-refractivity contribution in [1.29, 1.82) is 0 Å². The van der Waals surface area contributed by atoms with Crippen molar-refractivity contribution in [3.05, 3.63) is 48.6 Å². The molecule has 0 spiro atoms. The molecule has 0 aliphatic carbocycles. The Bertz CT molecular complexity index is 1380. The molecule has 2 rings (SSSR count). The Balaban J connectivity index is 1.79. The molecule has 414 valence electrons. The molecule has 0 bridgehead atoms. The summed E-state index contributed by atoms with van der Waals surface area (Å²) in [7, 11) is 0. The van der Waals surface area contributed by atoms with Gasteiger partial charge in [0.15, 0.2) is 12.6 Å². The molecule has 0 aromatic carbocycles. The minimum Gasteiger partial charge on any atom is -0.394 e. The number of aliphatic hydroxyl groups excluding tert-OH is 8. The summed E-state index contributed by atoms with van der Waals surface area (Å²) in [5.41, 5.74) is 0. The summed E-state index contributed by atoms with van der Waals surface area (Å²) in [6, 6.07) is -0.924. The van der Waals surface area contributed by atoms with Crippen LogP contribution in [0.4, 0.5) is 0 Å². The first-order valence-corrected chi connectivity index (χ1v) is 28.4. The molecular formula is C57H103NO13. The number of carbonyl (C=O) groups is 1. The standard InChI is InChI=1S/C57H103NO13/c1-3-5-7-9-11-13-15-17-19-20-21-22-23-24-25-27-28-30-32-34-36-38-40-46(61)45(58-49(62)41-39-37-35-33-31-29-26-18-16-14-12-10-8-6-4-2)44-68-56-54(67)52(65)55(48(43-60)70-56)71-57-53(66)51(64)50(63)47(42-59)69-57/h6,8,12,14,18,26,38,40,45-48,50-57,59-61,63-67H,3-5,7,9-11,13,15-17,19-25,27-37,39,41-44H2,1-2H3,(H,58,62)/b8-6-,14-12-,26-18-,40-38+. The van der Waals surface area contributed by atoms with Crippen LogP contribution in [-0.4, -0.2) is 140 Å². The molecule has 14 heteroatoms. The van der Waals surface area contributed by atoms with E-state index in [9.17, 15) is 45.6 Å². The van der Waals surface area contributed by atoms with Crippen LogP contribution in [0.1, 0.15) is 213 Å². The lowest BCUT2D eigenvalue weighted by molar-refractivity contribution is -0.359. The molecule has 2 saturated heterocycles. The molecule has 1 amide bonds. The lowest BCUT2D eigenvalue weighted by atomic mass is 9.97. The van der Waals surface area contributed by atoms with Gasteiger partial charge in [-0.25, -0.2) is 0 Å². The number of allylic oxidation sites excluding steroid dienone is 7. The number of carbonyl (C=O) groups excluding carboxylic acids is 1. The SMILES string of the molecule is CC/C=C\C/C=C\C/C=C\CCCCCCCC(=O)NC(COC1OC(CO)C(OC2OC(CO)C(O)C(O)C2O)C(O)C1O)C(O)/C=C/CCCCCCCCCCCCCCCCCCCCCC. The van der Waals surface area contributed by atoms with Crippen molar-refractivity contribution >= 4 is 5.91 Å². The van der Waals surface area contributed by atoms with Gasteiger partial charge in [0.05, 0.1) is 32.0 Å². The number of hydrogen-bond acceptors (Lipinski definition) is 13. The zero-order valence-corrected chi connectivity index (χ0v) is 44.2. The Morgan fingerprint density at radius 1 is 0.521 bits per heavy atom. The van der Waals surface area contributed by atoms with Crippen LogP contribution in [0.3, 0.4) is 0 Å². The van der Waals surface area contributed by atoms with Gasteiger partial charge in [-0.15, -0.1) is 0 Å². The van der Waals surface area contributed by atoms with Crippen molar-refractivity contribution in [3.63, 3.8) is 0 Å². The number of unbranched alkanes of at least 4 members (excludes halogenated alkanes) is 25. The lowest BCUT2D eigenvalue weighted by Gasteiger charge is -2.46. The van der Waals surface area contributed by atoms with Crippen molar-refractivity contribution in [2.75, 3.05) is 19.8 Å². The number of rotatable bonds is 44. The zero-order chi connectivity index (χ0) is 51.7. The fourth-order valence-corrected chi connectivity index (χ4v) is 9.19. The minimum atomic E-state index is -1.79. The molecule has 71 heavy (non-hydrogen) atoms. The first kappa shape index (κ1) is 65.1. The van der Waals surface area contributed by atoms with Crippen molar-refractivity contribution in [3.8, 4) is 0 Å². The van der Waals surface area contributed by atoms with E-state index in [1.165, 1.54) is 116 Å². The number of hydrogen-bond donors (Lipinski definition) is 9. The highest BCUT2D eigenvalue weighted by Crippen LogP contribution is 2.30. The van der Waals surface area contributed by atoms with Gasteiger partial charge >= 0.3 is 0 Å². The van der Waals surface area contributed by atoms with E-state index in [0.717, 1.165) is 70.6 Å². The molecule has 14 nitrogen and oxygen atoms in total. The smallest absolute Gasteiger partial charge is 0.220 e. The average Bonchev–Trinajstić information content (AvgIpc) is 3.37. The van der Waals surface area contributed by atoms with E-state index < -0.39 is 86.8 Å². The molecule has 12 unspecified atom stereocenters. The first-order chi connectivity index (χ1) is 34.6. The Morgan fingerprint density at radius 3 is 1.49 bits per heavy atom. The van der Waals surface area contributed by atoms with Gasteiger partial charge < -0.3 is 65.1 Å². The molecule has 2 aliphatic heterocycles. The number of amides is 1. The van der Waals surface area contributed by atoms with E-state index in [0.29, 0.717) is 6.42 Å². The monoisotopic (exact) mass is 1010 g/mol. The molecular weight excluding hydrogens is 907 g/mol. The Kier molecular flexibility index (Phi) is 39.6. The minimum absolute atomic E-state index is 0.257. The van der Waals surface area contributed by atoms with Crippen LogP contribution in [0.15, 0.2) is 48.6 Å². The van der Waals surface area contributed by atoms with E-state index in [2.05, 4.69) is 55.6 Å². The largest absolute Gasteiger partial charge is 0.394 e. The van der Waals surface area contributed by atoms with E-state index in [1.807, 2.05) is 6.08 Å². The molecule has 0 radical (unpaired) electrons. The summed E-state index contributed by atoms with van der Waals surface area (Å²) in [5.74, 6) is -0.257. The van der Waals surface area contributed by atoms with Crippen molar-refractivity contribution < 1.29 is 64.6 Å². The third kappa shape index (κ3) is 29.6. The topological polar surface area (TPSA) is 228 Å². The second kappa shape index (κ2) is 43.2. The second-order valence-electron chi connectivity index (χ2n) is 20.0. The quantitative estimate of drug-likeness (QED) is 0.0206. The van der Waals surface area contributed by atoms with Crippen LogP contribution >= 0.6 is 0 Å². The molecule has 2 aliphatic rings. The maximum absolute atomic E-state index is 13.2. The van der Waals surface area contributed by atoms with E-state index in [-0.39, 0.29) is 18.9 Å². The van der Waals surface area contributed by atoms with Gasteiger partial charge in [0.2, 0.25) is 5.91 Å². The Morgan fingerprint density at radius 2 is 0.972 bits per heavy atom. The summed E-state index contributed by atoms with van der Waals surface area (Å²) in [4.78, 5) is 13.2. The predicted octanol–water partition coefficient (Wildman–Crippen LogP) is 8.83. The predicted molar refractivity (Wildman–Crippen MR) is 281 cm³/mol. The third-order valence-corrected chi connectivity index (χ3v) is 13.8. The highest BCUT2D eigenvalue weighted by Gasteiger charge is 2.51. The zero-order valence-electron chi connectivity index (χ0n) is 44.2. The van der Waals surface area contributed by atoms with Crippen molar-refractivity contribution in [2.24, 2.45) is 0 Å². The Labute approximate surface area is 429 Å². The summed E-state index contributed by atoms with van der Waals surface area (Å²) in [6.07, 6.45) is 35.8. The summed E-state index contributed by atoms with van der Waals surface area (Å²) < 4.78 is 22.7. The van der Waals surface area contributed by atoms with Gasteiger partial charge in [0.25, 0.3) is 0 Å². The average molecular weight is 1010 g/mol. The lowest BCUT2D eigenvalue weighted by Crippen LogP contribution is -2.65. The summed E-state index contributed by atoms with van der Waals surface area (Å²) in [5, 5.41) is 87.0. The molecule has 0 aromatic heterocycles. The maximum atomic E-state index is 13.2. The summed E-state index contributed by atoms with van der Waals surface area (Å²) >= 11 is 0. The van der Waals surface area contributed by atoms with Crippen LogP contribution in [0, 0.1) is 0 Å². The Hall–Kier alpha value is -2.05. The highest BCUT2D eigenvalue weighted by atomic mass is 16.7. The summed E-state index contributed by atoms with van der Waals surface area (Å²) in [6.45, 7) is 2.67. The van der Waals surface area contributed by atoms with Gasteiger partial charge in [-0.1, -0.05) is 204 Å². The molecule has 9 N–H and O–H groups in total. The fraction of sp³-hybridized carbons (Fsp3) is 0.842. The van der Waals surface area contributed by atoms with Gasteiger partial charge in [-0.2, -0.15) is 0 Å². The molecule has 2 fully saturated rings. The number of aliphatic hydroxyl groups is 8. The highest BCUT2D eigenvalue weighted by molar-refractivity contribution is 5.76. The van der Waals surface area contributed by atoms with E-state index >= 15 is 0 Å². The number of nitrogens with one attached hydrogen (secondary N) is 1. The second-order valence-corrected chi connectivity index (χ2v) is 20.0. The van der Waals surface area contributed by atoms with Gasteiger partial charge in [0.1, 0.15) is 48.8 Å². The van der Waals surface area contributed by atoms with Crippen LogP contribution in [-0.2, 0) is 23.7 Å². The van der Waals surface area contributed by atoms with Crippen molar-refractivity contribution in [1.82, 2.24) is 5.32 Å². The maximum Gasteiger partial charge on any atom is 0.220 e. The van der Waals surface area contributed by atoms with Gasteiger partial charge in [-0.3, -0.25) is 4.79 Å². The van der Waals surface area contributed by atoms with Crippen molar-refractivity contribution in [2.45, 2.75) is 286 Å². The number of ether oxygens (including phenoxy) is 4. The fourth-order valence-electron chi connectivity index (χ4n) is 9.19. The molecule has 0 saturated carbocycles. The molecule has 12 atom stereocenters. The van der Waals surface area contributed by atoms with Crippen LogP contribution < -0.4 is 5.32 Å². The van der Waals surface area contributed by atoms with Crippen LogP contribution in [0.2, 0.25) is 0 Å². The van der Waals surface area contributed by atoms with E-state index in [4.69, 9.17) is 18.9 Å². The van der Waals surface area contributed by atoms with E-state index in [1.54, 1.807) is 6.08 Å². The first-order valence-electron chi connectivity index (χ1n) is 28.4. The van der Waals surface area contributed by atoms with Crippen LogP contribution in [0.25, 0.3) is 0 Å². The van der Waals surface area contributed by atoms with Gasteiger partial charge in [0, 0.05) is 6.42 Å². The molecule has 0 aromatic rings.